The van der Waals surface area contributed by atoms with E-state index in [1.165, 1.54) is 16.4 Å². The standard InChI is InChI=1S/C17H17FN2O3S/c1-11-3-5-14(18)10-15(11)19-17(21)13-4-6-16-12(9-13)7-8-20(16)24(2,22)23/h3-6,9-10H,7-8H2,1-2H3,(H,19,21). The van der Waals surface area contributed by atoms with Gasteiger partial charge in [0.1, 0.15) is 5.82 Å². The van der Waals surface area contributed by atoms with Gasteiger partial charge >= 0.3 is 0 Å². The van der Waals surface area contributed by atoms with Crippen LogP contribution in [0.25, 0.3) is 0 Å². The van der Waals surface area contributed by atoms with E-state index in [1.54, 1.807) is 31.2 Å². The molecule has 1 amide bonds. The maximum absolute atomic E-state index is 13.3. The van der Waals surface area contributed by atoms with Crippen molar-refractivity contribution in [2.24, 2.45) is 0 Å². The molecule has 126 valence electrons. The Morgan fingerprint density at radius 1 is 1.21 bits per heavy atom. The third kappa shape index (κ3) is 3.12. The number of nitrogens with zero attached hydrogens (tertiary/aromatic N) is 1. The van der Waals surface area contributed by atoms with E-state index in [0.29, 0.717) is 29.9 Å². The van der Waals surface area contributed by atoms with E-state index in [0.717, 1.165) is 17.4 Å². The van der Waals surface area contributed by atoms with E-state index < -0.39 is 15.8 Å². The lowest BCUT2D eigenvalue weighted by Crippen LogP contribution is -2.27. The number of amides is 1. The molecule has 7 heteroatoms. The molecule has 5 nitrogen and oxygen atoms in total. The zero-order chi connectivity index (χ0) is 17.5. The molecule has 1 heterocycles. The normalized spacial score (nSPS) is 13.7. The van der Waals surface area contributed by atoms with Crippen LogP contribution in [0.5, 0.6) is 0 Å². The van der Waals surface area contributed by atoms with Gasteiger partial charge in [-0.25, -0.2) is 12.8 Å². The molecule has 1 N–H and O–H groups in total. The molecule has 2 aromatic rings. The number of benzene rings is 2. The first-order valence-corrected chi connectivity index (χ1v) is 9.29. The van der Waals surface area contributed by atoms with Gasteiger partial charge in [0.2, 0.25) is 10.0 Å². The highest BCUT2D eigenvalue weighted by molar-refractivity contribution is 7.92. The van der Waals surface area contributed by atoms with Crippen molar-refractivity contribution < 1.29 is 17.6 Å². The number of halogens is 1. The van der Waals surface area contributed by atoms with E-state index in [-0.39, 0.29) is 5.91 Å². The van der Waals surface area contributed by atoms with E-state index in [4.69, 9.17) is 0 Å². The second-order valence-electron chi connectivity index (χ2n) is 5.84. The summed E-state index contributed by atoms with van der Waals surface area (Å²) >= 11 is 0. The molecule has 0 saturated heterocycles. The maximum Gasteiger partial charge on any atom is 0.255 e. The number of carbonyl (C=O) groups is 1. The van der Waals surface area contributed by atoms with Crippen LogP contribution < -0.4 is 9.62 Å². The predicted molar refractivity (Wildman–Crippen MR) is 91.4 cm³/mol. The van der Waals surface area contributed by atoms with Crippen LogP contribution in [0.4, 0.5) is 15.8 Å². The Kier molecular flexibility index (Phi) is 4.04. The second kappa shape index (κ2) is 5.90. The number of fused-ring (bicyclic) bond motifs is 1. The number of rotatable bonds is 3. The Morgan fingerprint density at radius 2 is 1.96 bits per heavy atom. The van der Waals surface area contributed by atoms with Gasteiger partial charge in [-0.05, 0) is 54.8 Å². The molecule has 3 rings (SSSR count). The van der Waals surface area contributed by atoms with Crippen molar-refractivity contribution in [2.75, 3.05) is 22.4 Å². The fourth-order valence-corrected chi connectivity index (χ4v) is 3.74. The molecule has 1 aliphatic heterocycles. The molecule has 0 saturated carbocycles. The monoisotopic (exact) mass is 348 g/mol. The molecule has 1 aliphatic rings. The first-order valence-electron chi connectivity index (χ1n) is 7.44. The van der Waals surface area contributed by atoms with Gasteiger partial charge in [0.25, 0.3) is 5.91 Å². The minimum absolute atomic E-state index is 0.357. The van der Waals surface area contributed by atoms with Gasteiger partial charge in [-0.2, -0.15) is 0 Å². The van der Waals surface area contributed by atoms with Crippen LogP contribution >= 0.6 is 0 Å². The fraction of sp³-hybridized carbons (Fsp3) is 0.235. The summed E-state index contributed by atoms with van der Waals surface area (Å²) in [5, 5.41) is 2.69. The highest BCUT2D eigenvalue weighted by atomic mass is 32.2. The summed E-state index contributed by atoms with van der Waals surface area (Å²) in [6, 6.07) is 9.09. The average Bonchev–Trinajstić information content (AvgIpc) is 2.94. The van der Waals surface area contributed by atoms with Crippen LogP contribution in [0.15, 0.2) is 36.4 Å². The van der Waals surface area contributed by atoms with Crippen molar-refractivity contribution in [3.63, 3.8) is 0 Å². The SMILES string of the molecule is Cc1ccc(F)cc1NC(=O)c1ccc2c(c1)CCN2S(C)(=O)=O. The van der Waals surface area contributed by atoms with Crippen LogP contribution in [-0.4, -0.2) is 27.1 Å². The number of aryl methyl sites for hydroxylation is 1. The predicted octanol–water partition coefficient (Wildman–Crippen LogP) is 2.71. The topological polar surface area (TPSA) is 66.5 Å². The molecule has 0 aliphatic carbocycles. The molecule has 0 spiro atoms. The fourth-order valence-electron chi connectivity index (χ4n) is 2.78. The van der Waals surface area contributed by atoms with Crippen LogP contribution in [0.1, 0.15) is 21.5 Å². The first kappa shape index (κ1) is 16.4. The maximum atomic E-state index is 13.3. The number of sulfonamides is 1. The van der Waals surface area contributed by atoms with Crippen molar-refractivity contribution in [3.8, 4) is 0 Å². The van der Waals surface area contributed by atoms with Crippen LogP contribution in [0.2, 0.25) is 0 Å². The van der Waals surface area contributed by atoms with Gasteiger partial charge in [-0.1, -0.05) is 6.07 Å². The van der Waals surface area contributed by atoms with Gasteiger partial charge in [-0.3, -0.25) is 9.10 Å². The molecule has 0 fully saturated rings. The van der Waals surface area contributed by atoms with Gasteiger partial charge in [0.15, 0.2) is 0 Å². The van der Waals surface area contributed by atoms with Crippen molar-refractivity contribution in [1.82, 2.24) is 0 Å². The minimum atomic E-state index is -3.32. The molecule has 0 bridgehead atoms. The average molecular weight is 348 g/mol. The summed E-state index contributed by atoms with van der Waals surface area (Å²) in [6.45, 7) is 2.16. The molecule has 24 heavy (non-hydrogen) atoms. The third-order valence-electron chi connectivity index (χ3n) is 4.04. The quantitative estimate of drug-likeness (QED) is 0.927. The van der Waals surface area contributed by atoms with Crippen molar-refractivity contribution >= 4 is 27.3 Å². The highest BCUT2D eigenvalue weighted by Crippen LogP contribution is 2.31. The molecule has 0 radical (unpaired) electrons. The summed E-state index contributed by atoms with van der Waals surface area (Å²) in [5.74, 6) is -0.780. The Labute approximate surface area is 140 Å². The third-order valence-corrected chi connectivity index (χ3v) is 5.22. The second-order valence-corrected chi connectivity index (χ2v) is 7.75. The largest absolute Gasteiger partial charge is 0.322 e. The zero-order valence-corrected chi connectivity index (χ0v) is 14.2. The van der Waals surface area contributed by atoms with E-state index in [1.807, 2.05) is 0 Å². The van der Waals surface area contributed by atoms with E-state index in [2.05, 4.69) is 5.32 Å². The lowest BCUT2D eigenvalue weighted by atomic mass is 10.1. The van der Waals surface area contributed by atoms with Gasteiger partial charge in [0.05, 0.1) is 11.9 Å². The zero-order valence-electron chi connectivity index (χ0n) is 13.3. The number of hydrogen-bond acceptors (Lipinski definition) is 3. The number of hydrogen-bond donors (Lipinski definition) is 1. The van der Waals surface area contributed by atoms with Gasteiger partial charge < -0.3 is 5.32 Å². The first-order chi connectivity index (χ1) is 11.3. The van der Waals surface area contributed by atoms with Crippen molar-refractivity contribution in [2.45, 2.75) is 13.3 Å². The lowest BCUT2D eigenvalue weighted by molar-refractivity contribution is 0.102. The van der Waals surface area contributed by atoms with Crippen molar-refractivity contribution in [3.05, 3.63) is 58.9 Å². The molecule has 2 aromatic carbocycles. The van der Waals surface area contributed by atoms with Crippen LogP contribution in [-0.2, 0) is 16.4 Å². The minimum Gasteiger partial charge on any atom is -0.322 e. The van der Waals surface area contributed by atoms with Crippen LogP contribution in [0, 0.1) is 12.7 Å². The van der Waals surface area contributed by atoms with Crippen molar-refractivity contribution in [1.29, 1.82) is 0 Å². The summed E-state index contributed by atoms with van der Waals surface area (Å²) in [4.78, 5) is 12.4. The molecular formula is C17H17FN2O3S. The number of anilines is 2. The van der Waals surface area contributed by atoms with E-state index in [9.17, 15) is 17.6 Å². The van der Waals surface area contributed by atoms with Gasteiger partial charge in [0, 0.05) is 17.8 Å². The summed E-state index contributed by atoms with van der Waals surface area (Å²) in [6.07, 6.45) is 1.72. The lowest BCUT2D eigenvalue weighted by Gasteiger charge is -2.16. The molecule has 0 atom stereocenters. The summed E-state index contributed by atoms with van der Waals surface area (Å²) in [7, 11) is -3.32. The summed E-state index contributed by atoms with van der Waals surface area (Å²) < 4.78 is 38.1. The van der Waals surface area contributed by atoms with E-state index >= 15 is 0 Å². The summed E-state index contributed by atoms with van der Waals surface area (Å²) in [5.41, 5.74) is 3.00. The molecule has 0 unspecified atom stereocenters. The molecule has 0 aromatic heterocycles. The molecular weight excluding hydrogens is 331 g/mol. The highest BCUT2D eigenvalue weighted by Gasteiger charge is 2.26. The Morgan fingerprint density at radius 3 is 2.67 bits per heavy atom. The smallest absolute Gasteiger partial charge is 0.255 e. The Hall–Kier alpha value is -2.41. The number of nitrogens with one attached hydrogen (secondary N) is 1. The number of carbonyl (C=O) groups excluding carboxylic acids is 1. The van der Waals surface area contributed by atoms with Gasteiger partial charge in [-0.15, -0.1) is 0 Å². The Balaban J connectivity index is 1.86. The Bertz CT molecular complexity index is 925. The van der Waals surface area contributed by atoms with Crippen LogP contribution in [0.3, 0.4) is 0 Å².